The van der Waals surface area contributed by atoms with Crippen LogP contribution in [0.25, 0.3) is 0 Å². The summed E-state index contributed by atoms with van der Waals surface area (Å²) in [6.07, 6.45) is 0. The Kier molecular flexibility index (Phi) is 5.39. The Bertz CT molecular complexity index is 722. The third kappa shape index (κ3) is 4.32. The predicted molar refractivity (Wildman–Crippen MR) is 83.8 cm³/mol. The smallest absolute Gasteiger partial charge is 0.387 e. The number of amides is 1. The van der Waals surface area contributed by atoms with E-state index in [9.17, 15) is 13.6 Å². The summed E-state index contributed by atoms with van der Waals surface area (Å²) in [5, 5.41) is 2.60. The standard InChI is InChI=1S/C16H14ClF2NO3/c1-9-3-4-10(7-14(9)22-2)15(21)20-11-5-6-13(12(17)8-11)23-16(18)19/h3-8,16H,1-2H3,(H,20,21). The van der Waals surface area contributed by atoms with Crippen molar-refractivity contribution in [1.82, 2.24) is 0 Å². The minimum absolute atomic E-state index is 0.0235. The molecule has 2 aromatic carbocycles. The van der Waals surface area contributed by atoms with E-state index in [1.54, 1.807) is 18.2 Å². The van der Waals surface area contributed by atoms with Crippen LogP contribution in [0.4, 0.5) is 14.5 Å². The summed E-state index contributed by atoms with van der Waals surface area (Å²) in [6, 6.07) is 9.05. The summed E-state index contributed by atoms with van der Waals surface area (Å²) in [7, 11) is 1.52. The first-order valence-electron chi connectivity index (χ1n) is 6.61. The summed E-state index contributed by atoms with van der Waals surface area (Å²) in [5.41, 5.74) is 1.67. The molecule has 2 rings (SSSR count). The van der Waals surface area contributed by atoms with Crippen molar-refractivity contribution in [3.05, 3.63) is 52.5 Å². The molecule has 0 aliphatic carbocycles. The molecule has 0 aliphatic rings. The fraction of sp³-hybridized carbons (Fsp3) is 0.188. The number of ether oxygens (including phenoxy) is 2. The normalized spacial score (nSPS) is 10.5. The molecular formula is C16H14ClF2NO3. The highest BCUT2D eigenvalue weighted by Gasteiger charge is 2.12. The molecule has 0 saturated heterocycles. The van der Waals surface area contributed by atoms with Gasteiger partial charge in [0, 0.05) is 11.3 Å². The lowest BCUT2D eigenvalue weighted by Crippen LogP contribution is -2.12. The maximum atomic E-state index is 12.2. The maximum Gasteiger partial charge on any atom is 0.387 e. The van der Waals surface area contributed by atoms with Gasteiger partial charge in [0.1, 0.15) is 11.5 Å². The second-order valence-electron chi connectivity index (χ2n) is 4.66. The molecule has 23 heavy (non-hydrogen) atoms. The molecule has 1 amide bonds. The zero-order chi connectivity index (χ0) is 17.0. The Morgan fingerprint density at radius 2 is 1.91 bits per heavy atom. The van der Waals surface area contributed by atoms with Gasteiger partial charge in [-0.1, -0.05) is 17.7 Å². The van der Waals surface area contributed by atoms with Crippen LogP contribution in [-0.2, 0) is 0 Å². The van der Waals surface area contributed by atoms with Gasteiger partial charge in [0.05, 0.1) is 12.1 Å². The Morgan fingerprint density at radius 3 is 2.52 bits per heavy atom. The van der Waals surface area contributed by atoms with Gasteiger partial charge in [-0.3, -0.25) is 4.79 Å². The first kappa shape index (κ1) is 17.0. The number of nitrogens with one attached hydrogen (secondary N) is 1. The molecule has 0 aromatic heterocycles. The van der Waals surface area contributed by atoms with Gasteiger partial charge in [0.15, 0.2) is 0 Å². The molecule has 2 aromatic rings. The van der Waals surface area contributed by atoms with Gasteiger partial charge in [-0.15, -0.1) is 0 Å². The van der Waals surface area contributed by atoms with Crippen molar-refractivity contribution < 1.29 is 23.0 Å². The lowest BCUT2D eigenvalue weighted by Gasteiger charge is -2.11. The maximum absolute atomic E-state index is 12.2. The molecule has 0 atom stereocenters. The van der Waals surface area contributed by atoms with Crippen LogP contribution in [0.3, 0.4) is 0 Å². The highest BCUT2D eigenvalue weighted by molar-refractivity contribution is 6.32. The van der Waals surface area contributed by atoms with E-state index in [0.29, 0.717) is 17.0 Å². The van der Waals surface area contributed by atoms with Crippen molar-refractivity contribution in [3.8, 4) is 11.5 Å². The van der Waals surface area contributed by atoms with E-state index < -0.39 is 6.61 Å². The molecule has 0 saturated carbocycles. The second-order valence-corrected chi connectivity index (χ2v) is 5.07. The first-order chi connectivity index (χ1) is 10.9. The Hall–Kier alpha value is -2.34. The Balaban J connectivity index is 2.15. The molecule has 7 heteroatoms. The number of hydrogen-bond acceptors (Lipinski definition) is 3. The lowest BCUT2D eigenvalue weighted by molar-refractivity contribution is -0.0497. The van der Waals surface area contributed by atoms with Crippen LogP contribution in [-0.4, -0.2) is 19.6 Å². The summed E-state index contributed by atoms with van der Waals surface area (Å²) in [5.74, 6) is 0.0647. The van der Waals surface area contributed by atoms with Crippen molar-refractivity contribution in [2.75, 3.05) is 12.4 Å². The predicted octanol–water partition coefficient (Wildman–Crippen LogP) is 4.51. The van der Waals surface area contributed by atoms with E-state index in [1.807, 2.05) is 6.92 Å². The van der Waals surface area contributed by atoms with Crippen molar-refractivity contribution in [2.24, 2.45) is 0 Å². The Labute approximate surface area is 137 Å². The average Bonchev–Trinajstić information content (AvgIpc) is 2.50. The van der Waals surface area contributed by atoms with Crippen LogP contribution < -0.4 is 14.8 Å². The SMILES string of the molecule is COc1cc(C(=O)Nc2ccc(OC(F)F)c(Cl)c2)ccc1C. The number of benzene rings is 2. The molecule has 0 heterocycles. The van der Waals surface area contributed by atoms with Crippen molar-refractivity contribution >= 4 is 23.2 Å². The number of rotatable bonds is 5. The van der Waals surface area contributed by atoms with Crippen molar-refractivity contribution in [3.63, 3.8) is 0 Å². The lowest BCUT2D eigenvalue weighted by atomic mass is 10.1. The number of hydrogen-bond donors (Lipinski definition) is 1. The fourth-order valence-electron chi connectivity index (χ4n) is 1.93. The number of halogens is 3. The second kappa shape index (κ2) is 7.28. The van der Waals surface area contributed by atoms with E-state index in [4.69, 9.17) is 16.3 Å². The average molecular weight is 342 g/mol. The van der Waals surface area contributed by atoms with Crippen LogP contribution in [0, 0.1) is 6.92 Å². The van der Waals surface area contributed by atoms with E-state index in [0.717, 1.165) is 5.56 Å². The van der Waals surface area contributed by atoms with E-state index in [-0.39, 0.29) is 16.7 Å². The molecule has 1 N–H and O–H groups in total. The topological polar surface area (TPSA) is 47.6 Å². The van der Waals surface area contributed by atoms with Crippen molar-refractivity contribution in [1.29, 1.82) is 0 Å². The highest BCUT2D eigenvalue weighted by Crippen LogP contribution is 2.29. The van der Waals surface area contributed by atoms with Crippen LogP contribution in [0.2, 0.25) is 5.02 Å². The van der Waals surface area contributed by atoms with Crippen LogP contribution in [0.15, 0.2) is 36.4 Å². The number of aryl methyl sites for hydroxylation is 1. The molecule has 122 valence electrons. The molecule has 0 aliphatic heterocycles. The number of anilines is 1. The largest absolute Gasteiger partial charge is 0.496 e. The number of carbonyl (C=O) groups is 1. The number of methoxy groups -OCH3 is 1. The molecule has 0 radical (unpaired) electrons. The molecule has 0 fully saturated rings. The van der Waals surface area contributed by atoms with Gasteiger partial charge in [-0.05, 0) is 42.8 Å². The van der Waals surface area contributed by atoms with E-state index in [2.05, 4.69) is 10.1 Å². The van der Waals surface area contributed by atoms with Gasteiger partial charge >= 0.3 is 6.61 Å². The van der Waals surface area contributed by atoms with Crippen LogP contribution >= 0.6 is 11.6 Å². The summed E-state index contributed by atoms with van der Waals surface area (Å²) < 4.78 is 33.8. The third-order valence-electron chi connectivity index (χ3n) is 3.08. The van der Waals surface area contributed by atoms with Gasteiger partial charge in [0.25, 0.3) is 5.91 Å². The van der Waals surface area contributed by atoms with Gasteiger partial charge in [-0.25, -0.2) is 0 Å². The molecule has 0 bridgehead atoms. The number of alkyl halides is 2. The van der Waals surface area contributed by atoms with E-state index in [1.165, 1.54) is 25.3 Å². The van der Waals surface area contributed by atoms with Crippen LogP contribution in [0.1, 0.15) is 15.9 Å². The molecule has 0 unspecified atom stereocenters. The Morgan fingerprint density at radius 1 is 1.17 bits per heavy atom. The van der Waals surface area contributed by atoms with E-state index >= 15 is 0 Å². The minimum atomic E-state index is -2.96. The van der Waals surface area contributed by atoms with Crippen molar-refractivity contribution in [2.45, 2.75) is 13.5 Å². The monoisotopic (exact) mass is 341 g/mol. The summed E-state index contributed by atoms with van der Waals surface area (Å²) in [4.78, 5) is 12.2. The molecule has 4 nitrogen and oxygen atoms in total. The zero-order valence-corrected chi connectivity index (χ0v) is 13.2. The minimum Gasteiger partial charge on any atom is -0.496 e. The summed E-state index contributed by atoms with van der Waals surface area (Å²) >= 11 is 5.84. The summed E-state index contributed by atoms with van der Waals surface area (Å²) in [6.45, 7) is -1.10. The first-order valence-corrected chi connectivity index (χ1v) is 6.99. The van der Waals surface area contributed by atoms with Gasteiger partial charge in [-0.2, -0.15) is 8.78 Å². The van der Waals surface area contributed by atoms with Crippen LogP contribution in [0.5, 0.6) is 11.5 Å². The quantitative estimate of drug-likeness (QED) is 0.870. The highest BCUT2D eigenvalue weighted by atomic mass is 35.5. The third-order valence-corrected chi connectivity index (χ3v) is 3.37. The number of carbonyl (C=O) groups excluding carboxylic acids is 1. The van der Waals surface area contributed by atoms with Gasteiger partial charge < -0.3 is 14.8 Å². The molecule has 0 spiro atoms. The molecular weight excluding hydrogens is 328 g/mol. The zero-order valence-electron chi connectivity index (χ0n) is 12.4. The van der Waals surface area contributed by atoms with Gasteiger partial charge in [0.2, 0.25) is 0 Å². The fourth-order valence-corrected chi connectivity index (χ4v) is 2.16.